The number of halogens is 1. The number of para-hydroxylation sites is 2. The van der Waals surface area contributed by atoms with Crippen LogP contribution in [-0.4, -0.2) is 21.2 Å². The maximum absolute atomic E-state index is 12.6. The van der Waals surface area contributed by atoms with Gasteiger partial charge < -0.3 is 9.47 Å². The monoisotopic (exact) mass is 397 g/mol. The van der Waals surface area contributed by atoms with Crippen molar-refractivity contribution in [3.63, 3.8) is 0 Å². The largest absolute Gasteiger partial charge is 0.485 e. The zero-order valence-corrected chi connectivity index (χ0v) is 15.4. The molecule has 8 heteroatoms. The molecule has 0 radical (unpaired) electrons. The molecule has 0 bridgehead atoms. The maximum Gasteiger partial charge on any atom is 0.291 e. The first kappa shape index (κ1) is 16.3. The predicted molar refractivity (Wildman–Crippen MR) is 103 cm³/mol. The molecule has 2 aromatic carbocycles. The second-order valence-corrected chi connectivity index (χ2v) is 7.44. The Bertz CT molecular complexity index is 1270. The number of ether oxygens (including phenoxy) is 2. The molecule has 6 nitrogen and oxygen atoms in total. The summed E-state index contributed by atoms with van der Waals surface area (Å²) in [5, 5.41) is 4.96. The van der Waals surface area contributed by atoms with Crippen molar-refractivity contribution in [2.24, 2.45) is 0 Å². The first-order chi connectivity index (χ1) is 13.2. The molecule has 0 amide bonds. The molecule has 0 fully saturated rings. The first-order valence-electron chi connectivity index (χ1n) is 8.23. The Morgan fingerprint density at radius 2 is 2.04 bits per heavy atom. The number of benzene rings is 2. The Morgan fingerprint density at radius 3 is 2.85 bits per heavy atom. The lowest BCUT2D eigenvalue weighted by Crippen LogP contribution is -2.26. The Kier molecular flexibility index (Phi) is 3.84. The molecule has 27 heavy (non-hydrogen) atoms. The Morgan fingerprint density at radius 1 is 1.19 bits per heavy atom. The molecule has 5 rings (SSSR count). The summed E-state index contributed by atoms with van der Waals surface area (Å²) in [6.07, 6.45) is 1.33. The SMILES string of the molecule is O=c1c(=Cc2cccc(Cl)c2)sc2nc(C3COc4ccccc4O3)nn12. The molecule has 0 N–H and O–H groups in total. The smallest absolute Gasteiger partial charge is 0.291 e. The van der Waals surface area contributed by atoms with Crippen LogP contribution in [0, 0.1) is 0 Å². The number of rotatable bonds is 2. The van der Waals surface area contributed by atoms with Gasteiger partial charge in [0.15, 0.2) is 23.4 Å². The molecule has 1 atom stereocenters. The molecule has 0 spiro atoms. The van der Waals surface area contributed by atoms with Gasteiger partial charge in [0, 0.05) is 5.02 Å². The summed E-state index contributed by atoms with van der Waals surface area (Å²) in [5.74, 6) is 1.77. The first-order valence-corrected chi connectivity index (χ1v) is 9.42. The van der Waals surface area contributed by atoms with E-state index in [1.54, 1.807) is 18.2 Å². The van der Waals surface area contributed by atoms with Gasteiger partial charge in [-0.3, -0.25) is 4.79 Å². The molecular formula is C19H12ClN3O3S. The lowest BCUT2D eigenvalue weighted by Gasteiger charge is -2.24. The molecular weight excluding hydrogens is 386 g/mol. The minimum Gasteiger partial charge on any atom is -0.485 e. The van der Waals surface area contributed by atoms with Gasteiger partial charge in [0.2, 0.25) is 4.96 Å². The molecule has 4 aromatic rings. The van der Waals surface area contributed by atoms with Crippen LogP contribution in [0.5, 0.6) is 11.5 Å². The highest BCUT2D eigenvalue weighted by molar-refractivity contribution is 7.15. The molecule has 0 saturated carbocycles. The lowest BCUT2D eigenvalue weighted by atomic mass is 10.2. The molecule has 1 aliphatic rings. The third-order valence-corrected chi connectivity index (χ3v) is 5.34. The van der Waals surface area contributed by atoms with Gasteiger partial charge in [-0.2, -0.15) is 9.50 Å². The van der Waals surface area contributed by atoms with Crippen LogP contribution >= 0.6 is 22.9 Å². The average Bonchev–Trinajstić information content (AvgIpc) is 3.21. The predicted octanol–water partition coefficient (Wildman–Crippen LogP) is 2.86. The van der Waals surface area contributed by atoms with E-state index in [4.69, 9.17) is 21.1 Å². The Balaban J connectivity index is 1.50. The number of hydrogen-bond donors (Lipinski definition) is 0. The van der Waals surface area contributed by atoms with Crippen molar-refractivity contribution in [2.45, 2.75) is 6.10 Å². The fourth-order valence-electron chi connectivity index (χ4n) is 2.88. The van der Waals surface area contributed by atoms with Crippen molar-refractivity contribution in [1.29, 1.82) is 0 Å². The lowest BCUT2D eigenvalue weighted by molar-refractivity contribution is 0.0852. The van der Waals surface area contributed by atoms with Crippen LogP contribution in [-0.2, 0) is 0 Å². The minimum absolute atomic E-state index is 0.217. The Labute approximate surface area is 162 Å². The molecule has 1 aliphatic heterocycles. The van der Waals surface area contributed by atoms with Crippen LogP contribution in [0.3, 0.4) is 0 Å². The summed E-state index contributed by atoms with van der Waals surface area (Å²) in [6, 6.07) is 14.7. The van der Waals surface area contributed by atoms with Crippen LogP contribution in [0.2, 0.25) is 5.02 Å². The summed E-state index contributed by atoms with van der Waals surface area (Å²) in [7, 11) is 0. The quantitative estimate of drug-likeness (QED) is 0.520. The van der Waals surface area contributed by atoms with Gasteiger partial charge in [-0.05, 0) is 35.9 Å². The summed E-state index contributed by atoms with van der Waals surface area (Å²) in [5.41, 5.74) is 0.635. The molecule has 2 aromatic heterocycles. The second kappa shape index (κ2) is 6.37. The van der Waals surface area contributed by atoms with E-state index < -0.39 is 6.10 Å². The molecule has 1 unspecified atom stereocenters. The minimum atomic E-state index is -0.452. The number of nitrogens with zero attached hydrogens (tertiary/aromatic N) is 3. The van der Waals surface area contributed by atoms with Crippen molar-refractivity contribution in [2.75, 3.05) is 6.61 Å². The highest BCUT2D eigenvalue weighted by Gasteiger charge is 2.26. The molecule has 134 valence electrons. The zero-order valence-electron chi connectivity index (χ0n) is 13.8. The van der Waals surface area contributed by atoms with E-state index in [1.807, 2.05) is 36.4 Å². The van der Waals surface area contributed by atoms with Crippen LogP contribution < -0.4 is 19.6 Å². The van der Waals surface area contributed by atoms with E-state index in [-0.39, 0.29) is 5.56 Å². The maximum atomic E-state index is 12.6. The van der Waals surface area contributed by atoms with Crippen molar-refractivity contribution in [3.8, 4) is 11.5 Å². The topological polar surface area (TPSA) is 65.7 Å². The van der Waals surface area contributed by atoms with Crippen molar-refractivity contribution in [1.82, 2.24) is 14.6 Å². The second-order valence-electron chi connectivity index (χ2n) is 6.00. The van der Waals surface area contributed by atoms with Gasteiger partial charge in [0.25, 0.3) is 5.56 Å². The van der Waals surface area contributed by atoms with E-state index >= 15 is 0 Å². The fourth-order valence-corrected chi connectivity index (χ4v) is 3.99. The van der Waals surface area contributed by atoms with Gasteiger partial charge >= 0.3 is 0 Å². The average molecular weight is 398 g/mol. The van der Waals surface area contributed by atoms with E-state index in [0.717, 1.165) is 5.56 Å². The van der Waals surface area contributed by atoms with Crippen molar-refractivity contribution >= 4 is 34.0 Å². The number of thiazole rings is 1. The van der Waals surface area contributed by atoms with Gasteiger partial charge in [-0.25, -0.2) is 0 Å². The highest BCUT2D eigenvalue weighted by atomic mass is 35.5. The Hall–Kier alpha value is -2.90. The number of hydrogen-bond acceptors (Lipinski definition) is 6. The van der Waals surface area contributed by atoms with Crippen molar-refractivity contribution in [3.05, 3.63) is 79.8 Å². The van der Waals surface area contributed by atoms with Crippen LogP contribution in [0.4, 0.5) is 0 Å². The normalized spacial score (nSPS) is 16.8. The van der Waals surface area contributed by atoms with Crippen LogP contribution in [0.1, 0.15) is 17.5 Å². The third kappa shape index (κ3) is 2.94. The zero-order chi connectivity index (χ0) is 18.4. The van der Waals surface area contributed by atoms with Gasteiger partial charge in [0.05, 0.1) is 4.53 Å². The van der Waals surface area contributed by atoms with Crippen LogP contribution in [0.25, 0.3) is 11.0 Å². The molecule has 3 heterocycles. The van der Waals surface area contributed by atoms with E-state index in [0.29, 0.717) is 38.4 Å². The third-order valence-electron chi connectivity index (χ3n) is 4.14. The standard InChI is InChI=1S/C19H12ClN3O3S/c20-12-5-3-4-11(8-12)9-16-18(24)23-19(27-16)21-17(22-23)15-10-25-13-6-1-2-7-14(13)26-15/h1-9,15H,10H2. The van der Waals surface area contributed by atoms with Crippen LogP contribution in [0.15, 0.2) is 53.3 Å². The van der Waals surface area contributed by atoms with Crippen molar-refractivity contribution < 1.29 is 9.47 Å². The molecule has 0 saturated heterocycles. The summed E-state index contributed by atoms with van der Waals surface area (Å²) < 4.78 is 13.5. The molecule has 0 aliphatic carbocycles. The van der Waals surface area contributed by atoms with Gasteiger partial charge in [0.1, 0.15) is 6.61 Å². The van der Waals surface area contributed by atoms with E-state index in [2.05, 4.69) is 10.1 Å². The number of aromatic nitrogens is 3. The summed E-state index contributed by atoms with van der Waals surface area (Å²) in [4.78, 5) is 17.6. The summed E-state index contributed by atoms with van der Waals surface area (Å²) in [6.45, 7) is 0.296. The van der Waals surface area contributed by atoms with E-state index in [9.17, 15) is 4.79 Å². The summed E-state index contributed by atoms with van der Waals surface area (Å²) >= 11 is 7.28. The number of fused-ring (bicyclic) bond motifs is 2. The fraction of sp³-hybridized carbons (Fsp3) is 0.105. The van der Waals surface area contributed by atoms with Gasteiger partial charge in [-0.1, -0.05) is 47.2 Å². The van der Waals surface area contributed by atoms with E-state index in [1.165, 1.54) is 15.9 Å². The highest BCUT2D eigenvalue weighted by Crippen LogP contribution is 2.35. The van der Waals surface area contributed by atoms with Gasteiger partial charge in [-0.15, -0.1) is 5.10 Å².